The zero-order chi connectivity index (χ0) is 13.1. The van der Waals surface area contributed by atoms with Gasteiger partial charge in [0.05, 0.1) is 18.0 Å². The van der Waals surface area contributed by atoms with Crippen molar-refractivity contribution in [2.24, 2.45) is 5.92 Å². The van der Waals surface area contributed by atoms with E-state index in [1.807, 2.05) is 29.1 Å². The number of nitrogens with one attached hydrogen (secondary N) is 1. The fourth-order valence-corrected chi connectivity index (χ4v) is 2.52. The zero-order valence-electron chi connectivity index (χ0n) is 11.1. The standard InChI is InChI=1S/C15H19N3O/c1-12(13-7-10-19-11-13)17-14-5-2-3-6-15(14)18-9-4-8-16-18/h2-6,8-9,12-13,17H,7,10-11H2,1H3. The molecule has 19 heavy (non-hydrogen) atoms. The minimum atomic E-state index is 0.402. The van der Waals surface area contributed by atoms with Gasteiger partial charge in [0.15, 0.2) is 0 Å². The van der Waals surface area contributed by atoms with Gasteiger partial charge in [-0.3, -0.25) is 0 Å². The van der Waals surface area contributed by atoms with E-state index in [4.69, 9.17) is 4.74 Å². The normalized spacial score (nSPS) is 20.4. The predicted octanol–water partition coefficient (Wildman–Crippen LogP) is 2.71. The third kappa shape index (κ3) is 2.63. The van der Waals surface area contributed by atoms with Crippen LogP contribution in [0.3, 0.4) is 0 Å². The maximum Gasteiger partial charge on any atom is 0.0876 e. The van der Waals surface area contributed by atoms with Gasteiger partial charge in [0, 0.05) is 31.0 Å². The van der Waals surface area contributed by atoms with Crippen molar-refractivity contribution in [1.82, 2.24) is 9.78 Å². The van der Waals surface area contributed by atoms with Gasteiger partial charge in [-0.25, -0.2) is 4.68 Å². The molecule has 1 aliphatic heterocycles. The Hall–Kier alpha value is -1.81. The molecule has 0 aliphatic carbocycles. The first-order valence-electron chi connectivity index (χ1n) is 6.78. The lowest BCUT2D eigenvalue weighted by Crippen LogP contribution is -2.26. The van der Waals surface area contributed by atoms with Gasteiger partial charge in [-0.05, 0) is 31.5 Å². The van der Waals surface area contributed by atoms with Gasteiger partial charge >= 0.3 is 0 Å². The fraction of sp³-hybridized carbons (Fsp3) is 0.400. The van der Waals surface area contributed by atoms with E-state index in [9.17, 15) is 0 Å². The van der Waals surface area contributed by atoms with Crippen LogP contribution in [0.1, 0.15) is 13.3 Å². The van der Waals surface area contributed by atoms with Crippen LogP contribution in [0.4, 0.5) is 5.69 Å². The van der Waals surface area contributed by atoms with Crippen LogP contribution < -0.4 is 5.32 Å². The van der Waals surface area contributed by atoms with E-state index >= 15 is 0 Å². The molecular weight excluding hydrogens is 238 g/mol. The Kier molecular flexibility index (Phi) is 3.51. The molecule has 100 valence electrons. The van der Waals surface area contributed by atoms with E-state index in [2.05, 4.69) is 29.5 Å². The number of rotatable bonds is 4. The van der Waals surface area contributed by atoms with Gasteiger partial charge in [-0.15, -0.1) is 0 Å². The fourth-order valence-electron chi connectivity index (χ4n) is 2.52. The number of hydrogen-bond donors (Lipinski definition) is 1. The topological polar surface area (TPSA) is 39.1 Å². The highest BCUT2D eigenvalue weighted by atomic mass is 16.5. The third-order valence-electron chi connectivity index (χ3n) is 3.71. The Labute approximate surface area is 113 Å². The molecule has 1 N–H and O–H groups in total. The lowest BCUT2D eigenvalue weighted by atomic mass is 10.0. The largest absolute Gasteiger partial charge is 0.381 e. The maximum atomic E-state index is 5.46. The van der Waals surface area contributed by atoms with Crippen LogP contribution in [0.15, 0.2) is 42.7 Å². The smallest absolute Gasteiger partial charge is 0.0876 e. The summed E-state index contributed by atoms with van der Waals surface area (Å²) in [7, 11) is 0. The molecule has 0 spiro atoms. The van der Waals surface area contributed by atoms with Gasteiger partial charge in [-0.1, -0.05) is 12.1 Å². The Morgan fingerprint density at radius 2 is 2.26 bits per heavy atom. The van der Waals surface area contributed by atoms with Crippen LogP contribution >= 0.6 is 0 Å². The van der Waals surface area contributed by atoms with E-state index in [0.29, 0.717) is 12.0 Å². The van der Waals surface area contributed by atoms with Crippen LogP contribution in [0.25, 0.3) is 5.69 Å². The Morgan fingerprint density at radius 3 is 3.00 bits per heavy atom. The second-order valence-corrected chi connectivity index (χ2v) is 5.02. The molecule has 3 rings (SSSR count). The molecule has 0 bridgehead atoms. The van der Waals surface area contributed by atoms with E-state index in [1.54, 1.807) is 6.20 Å². The van der Waals surface area contributed by atoms with Crippen LogP contribution in [-0.2, 0) is 4.74 Å². The molecule has 0 amide bonds. The molecule has 0 radical (unpaired) electrons. The number of hydrogen-bond acceptors (Lipinski definition) is 3. The van der Waals surface area contributed by atoms with Crippen LogP contribution in [0.2, 0.25) is 0 Å². The SMILES string of the molecule is CC(Nc1ccccc1-n1cccn1)C1CCOC1. The van der Waals surface area contributed by atoms with Gasteiger partial charge in [0.1, 0.15) is 0 Å². The van der Waals surface area contributed by atoms with E-state index < -0.39 is 0 Å². The summed E-state index contributed by atoms with van der Waals surface area (Å²) in [6.45, 7) is 3.97. The summed E-state index contributed by atoms with van der Waals surface area (Å²) in [6.07, 6.45) is 4.90. The Morgan fingerprint density at radius 1 is 1.37 bits per heavy atom. The average Bonchev–Trinajstić information content (AvgIpc) is 3.13. The highest BCUT2D eigenvalue weighted by Gasteiger charge is 2.22. The number of ether oxygens (including phenoxy) is 1. The molecular formula is C15H19N3O. The van der Waals surface area contributed by atoms with Crippen molar-refractivity contribution in [3.63, 3.8) is 0 Å². The van der Waals surface area contributed by atoms with E-state index in [1.165, 1.54) is 0 Å². The van der Waals surface area contributed by atoms with Gasteiger partial charge in [-0.2, -0.15) is 5.10 Å². The summed E-state index contributed by atoms with van der Waals surface area (Å²) in [4.78, 5) is 0. The quantitative estimate of drug-likeness (QED) is 0.915. The molecule has 2 unspecified atom stereocenters. The second-order valence-electron chi connectivity index (χ2n) is 5.02. The molecule has 4 nitrogen and oxygen atoms in total. The van der Waals surface area contributed by atoms with Crippen LogP contribution in [0.5, 0.6) is 0 Å². The summed E-state index contributed by atoms with van der Waals surface area (Å²) in [6, 6.07) is 10.6. The average molecular weight is 257 g/mol. The molecule has 4 heteroatoms. The van der Waals surface area contributed by atoms with Crippen molar-refractivity contribution in [1.29, 1.82) is 0 Å². The zero-order valence-corrected chi connectivity index (χ0v) is 11.1. The van der Waals surface area contributed by atoms with Crippen molar-refractivity contribution >= 4 is 5.69 Å². The number of aromatic nitrogens is 2. The third-order valence-corrected chi connectivity index (χ3v) is 3.71. The van der Waals surface area contributed by atoms with Crippen molar-refractivity contribution in [3.8, 4) is 5.69 Å². The minimum Gasteiger partial charge on any atom is -0.381 e. The number of benzene rings is 1. The second kappa shape index (κ2) is 5.45. The summed E-state index contributed by atoms with van der Waals surface area (Å²) in [5.74, 6) is 0.589. The first kappa shape index (κ1) is 12.2. The minimum absolute atomic E-state index is 0.402. The summed E-state index contributed by atoms with van der Waals surface area (Å²) >= 11 is 0. The van der Waals surface area contributed by atoms with Crippen molar-refractivity contribution in [2.45, 2.75) is 19.4 Å². The Balaban J connectivity index is 1.80. The van der Waals surface area contributed by atoms with Crippen LogP contribution in [-0.4, -0.2) is 29.0 Å². The van der Waals surface area contributed by atoms with Crippen molar-refractivity contribution < 1.29 is 4.74 Å². The van der Waals surface area contributed by atoms with Gasteiger partial charge < -0.3 is 10.1 Å². The molecule has 1 saturated heterocycles. The predicted molar refractivity (Wildman–Crippen MR) is 75.6 cm³/mol. The lowest BCUT2D eigenvalue weighted by molar-refractivity contribution is 0.183. The monoisotopic (exact) mass is 257 g/mol. The number of para-hydroxylation sites is 2. The highest BCUT2D eigenvalue weighted by Crippen LogP contribution is 2.24. The van der Waals surface area contributed by atoms with Gasteiger partial charge in [0.25, 0.3) is 0 Å². The van der Waals surface area contributed by atoms with Crippen molar-refractivity contribution in [2.75, 3.05) is 18.5 Å². The highest BCUT2D eigenvalue weighted by molar-refractivity contribution is 5.61. The molecule has 1 aromatic carbocycles. The first-order valence-corrected chi connectivity index (χ1v) is 6.78. The van der Waals surface area contributed by atoms with E-state index in [-0.39, 0.29) is 0 Å². The lowest BCUT2D eigenvalue weighted by Gasteiger charge is -2.22. The summed E-state index contributed by atoms with van der Waals surface area (Å²) in [5, 5.41) is 7.90. The molecule has 1 aliphatic rings. The van der Waals surface area contributed by atoms with E-state index in [0.717, 1.165) is 31.0 Å². The summed E-state index contributed by atoms with van der Waals surface area (Å²) < 4.78 is 7.35. The summed E-state index contributed by atoms with van der Waals surface area (Å²) in [5.41, 5.74) is 2.20. The maximum absolute atomic E-state index is 5.46. The van der Waals surface area contributed by atoms with Crippen molar-refractivity contribution in [3.05, 3.63) is 42.7 Å². The van der Waals surface area contributed by atoms with Crippen LogP contribution in [0, 0.1) is 5.92 Å². The van der Waals surface area contributed by atoms with Gasteiger partial charge in [0.2, 0.25) is 0 Å². The Bertz CT molecular complexity index is 518. The molecule has 1 fully saturated rings. The molecule has 0 saturated carbocycles. The molecule has 1 aromatic heterocycles. The molecule has 2 heterocycles. The number of nitrogens with zero attached hydrogens (tertiary/aromatic N) is 2. The molecule has 2 atom stereocenters. The first-order chi connectivity index (χ1) is 9.34. The molecule has 2 aromatic rings. The number of anilines is 1.